The van der Waals surface area contributed by atoms with Gasteiger partial charge >= 0.3 is 5.97 Å². The van der Waals surface area contributed by atoms with Crippen LogP contribution in [0.5, 0.6) is 11.5 Å². The molecule has 28 heavy (non-hydrogen) atoms. The standard InChI is InChI=1S/C19H17ClN2O6/c1-10(23)13-5-6-14(17(20)18(13)25)28-9-16(24)22-15(21)8-11-3-2-4-12(7-11)19(26)27/h2-7,25H,8-9H2,1H3,(H,26,27)(H2,21,22,24). The molecule has 0 aliphatic heterocycles. The van der Waals surface area contributed by atoms with Gasteiger partial charge in [0, 0.05) is 6.42 Å². The zero-order valence-electron chi connectivity index (χ0n) is 14.8. The smallest absolute Gasteiger partial charge is 0.335 e. The lowest BCUT2D eigenvalue weighted by molar-refractivity contribution is -0.121. The third-order valence-electron chi connectivity index (χ3n) is 3.66. The van der Waals surface area contributed by atoms with Crippen molar-refractivity contribution < 1.29 is 29.3 Å². The number of carboxylic acid groups (broad SMARTS) is 1. The van der Waals surface area contributed by atoms with Gasteiger partial charge in [0.05, 0.1) is 11.1 Å². The Morgan fingerprint density at radius 2 is 1.93 bits per heavy atom. The molecule has 0 heterocycles. The number of carboxylic acids is 1. The van der Waals surface area contributed by atoms with Gasteiger partial charge in [0.15, 0.2) is 12.4 Å². The fourth-order valence-corrected chi connectivity index (χ4v) is 2.57. The van der Waals surface area contributed by atoms with E-state index < -0.39 is 24.2 Å². The van der Waals surface area contributed by atoms with E-state index in [0.717, 1.165) is 0 Å². The summed E-state index contributed by atoms with van der Waals surface area (Å²) in [5.74, 6) is -2.65. The molecule has 0 unspecified atom stereocenters. The summed E-state index contributed by atoms with van der Waals surface area (Å²) >= 11 is 5.93. The molecule has 2 aromatic carbocycles. The Kier molecular flexibility index (Phi) is 6.73. The second-order valence-electron chi connectivity index (χ2n) is 5.83. The highest BCUT2D eigenvalue weighted by Crippen LogP contribution is 2.36. The number of nitrogens with one attached hydrogen (secondary N) is 2. The second-order valence-corrected chi connectivity index (χ2v) is 6.21. The molecule has 0 atom stereocenters. The van der Waals surface area contributed by atoms with Gasteiger partial charge in [-0.1, -0.05) is 23.7 Å². The van der Waals surface area contributed by atoms with E-state index in [2.05, 4.69) is 5.32 Å². The largest absolute Gasteiger partial charge is 0.505 e. The molecule has 1 amide bonds. The van der Waals surface area contributed by atoms with E-state index in [1.54, 1.807) is 12.1 Å². The van der Waals surface area contributed by atoms with Gasteiger partial charge in [0.25, 0.3) is 5.91 Å². The van der Waals surface area contributed by atoms with Crippen LogP contribution in [0, 0.1) is 5.41 Å². The number of carbonyl (C=O) groups is 3. The van der Waals surface area contributed by atoms with Crippen LogP contribution in [0.3, 0.4) is 0 Å². The van der Waals surface area contributed by atoms with Crippen molar-refractivity contribution in [3.8, 4) is 11.5 Å². The van der Waals surface area contributed by atoms with Crippen LogP contribution in [-0.4, -0.2) is 40.3 Å². The van der Waals surface area contributed by atoms with Crippen molar-refractivity contribution in [1.82, 2.24) is 5.32 Å². The number of Topliss-reactive ketones (excluding diaryl/α,β-unsaturated/α-hetero) is 1. The number of amidine groups is 1. The van der Waals surface area contributed by atoms with Crippen LogP contribution in [-0.2, 0) is 11.2 Å². The summed E-state index contributed by atoms with van der Waals surface area (Å²) in [4.78, 5) is 34.2. The third kappa shape index (κ3) is 5.31. The number of aromatic carboxylic acids is 1. The number of phenols is 1. The number of hydrogen-bond acceptors (Lipinski definition) is 6. The minimum atomic E-state index is -1.08. The molecule has 9 heteroatoms. The molecule has 0 saturated carbocycles. The predicted molar refractivity (Wildman–Crippen MR) is 102 cm³/mol. The average Bonchev–Trinajstić information content (AvgIpc) is 2.62. The SMILES string of the molecule is CC(=O)c1ccc(OCC(=O)NC(=N)Cc2cccc(C(=O)O)c2)c(Cl)c1O. The van der Waals surface area contributed by atoms with Crippen molar-refractivity contribution in [3.05, 3.63) is 58.1 Å². The van der Waals surface area contributed by atoms with Crippen LogP contribution >= 0.6 is 11.6 Å². The fraction of sp³-hybridized carbons (Fsp3) is 0.158. The van der Waals surface area contributed by atoms with E-state index in [1.165, 1.54) is 31.2 Å². The molecule has 0 aliphatic rings. The summed E-state index contributed by atoms with van der Waals surface area (Å²) in [7, 11) is 0. The Hall–Kier alpha value is -3.39. The van der Waals surface area contributed by atoms with Gasteiger partial charge < -0.3 is 20.3 Å². The molecular formula is C19H17ClN2O6. The zero-order valence-corrected chi connectivity index (χ0v) is 15.5. The van der Waals surface area contributed by atoms with Crippen LogP contribution in [0.15, 0.2) is 36.4 Å². The Balaban J connectivity index is 1.93. The van der Waals surface area contributed by atoms with Crippen molar-refractivity contribution in [2.45, 2.75) is 13.3 Å². The molecule has 0 fully saturated rings. The van der Waals surface area contributed by atoms with Crippen molar-refractivity contribution in [1.29, 1.82) is 5.41 Å². The number of aromatic hydroxyl groups is 1. The number of rotatable bonds is 7. The summed E-state index contributed by atoms with van der Waals surface area (Å²) in [6, 6.07) is 8.72. The number of hydrogen-bond donors (Lipinski definition) is 4. The van der Waals surface area contributed by atoms with E-state index in [0.29, 0.717) is 5.56 Å². The van der Waals surface area contributed by atoms with Crippen molar-refractivity contribution in [2.24, 2.45) is 0 Å². The maximum absolute atomic E-state index is 11.9. The fourth-order valence-electron chi connectivity index (χ4n) is 2.35. The molecule has 146 valence electrons. The first-order valence-electron chi connectivity index (χ1n) is 8.03. The van der Waals surface area contributed by atoms with Crippen LogP contribution < -0.4 is 10.1 Å². The van der Waals surface area contributed by atoms with E-state index in [4.69, 9.17) is 26.9 Å². The van der Waals surface area contributed by atoms with Gasteiger partial charge in [-0.05, 0) is 36.8 Å². The number of ketones is 1. The minimum absolute atomic E-state index is 0.0139. The molecule has 0 bridgehead atoms. The first kappa shape index (κ1) is 20.9. The molecular weight excluding hydrogens is 388 g/mol. The van der Waals surface area contributed by atoms with E-state index in [-0.39, 0.29) is 39.9 Å². The highest BCUT2D eigenvalue weighted by molar-refractivity contribution is 6.34. The maximum atomic E-state index is 11.9. The Bertz CT molecular complexity index is 957. The lowest BCUT2D eigenvalue weighted by atomic mass is 10.1. The quantitative estimate of drug-likeness (QED) is 0.318. The summed E-state index contributed by atoms with van der Waals surface area (Å²) < 4.78 is 5.23. The number of amides is 1. The van der Waals surface area contributed by atoms with Gasteiger partial charge in [-0.3, -0.25) is 15.0 Å². The highest BCUT2D eigenvalue weighted by Gasteiger charge is 2.16. The average molecular weight is 405 g/mol. The lowest BCUT2D eigenvalue weighted by Gasteiger charge is -2.11. The molecule has 0 radical (unpaired) electrons. The number of phenolic OH excluding ortho intramolecular Hbond substituents is 1. The Morgan fingerprint density at radius 1 is 1.21 bits per heavy atom. The maximum Gasteiger partial charge on any atom is 0.335 e. The van der Waals surface area contributed by atoms with E-state index in [9.17, 15) is 19.5 Å². The molecule has 0 saturated heterocycles. The van der Waals surface area contributed by atoms with Crippen molar-refractivity contribution in [3.63, 3.8) is 0 Å². The molecule has 8 nitrogen and oxygen atoms in total. The monoisotopic (exact) mass is 404 g/mol. The molecule has 2 aromatic rings. The van der Waals surface area contributed by atoms with Gasteiger partial charge in [0.2, 0.25) is 0 Å². The van der Waals surface area contributed by atoms with Crippen LogP contribution in [0.1, 0.15) is 33.2 Å². The zero-order chi connectivity index (χ0) is 20.8. The number of carbonyl (C=O) groups excluding carboxylic acids is 2. The molecule has 0 aromatic heterocycles. The van der Waals surface area contributed by atoms with Gasteiger partial charge in [-0.15, -0.1) is 0 Å². The van der Waals surface area contributed by atoms with Gasteiger partial charge in [-0.25, -0.2) is 4.79 Å². The molecule has 0 spiro atoms. The van der Waals surface area contributed by atoms with Crippen molar-refractivity contribution >= 4 is 35.1 Å². The Labute approximate surface area is 165 Å². The first-order chi connectivity index (χ1) is 13.2. The number of halogens is 1. The first-order valence-corrected chi connectivity index (χ1v) is 8.41. The number of benzene rings is 2. The molecule has 0 aliphatic carbocycles. The Morgan fingerprint density at radius 3 is 2.57 bits per heavy atom. The second kappa shape index (κ2) is 9.01. The normalized spacial score (nSPS) is 10.2. The van der Waals surface area contributed by atoms with E-state index in [1.807, 2.05) is 0 Å². The van der Waals surface area contributed by atoms with Crippen LogP contribution in [0.25, 0.3) is 0 Å². The van der Waals surface area contributed by atoms with Gasteiger partial charge in [-0.2, -0.15) is 0 Å². The highest BCUT2D eigenvalue weighted by atomic mass is 35.5. The molecule has 2 rings (SSSR count). The lowest BCUT2D eigenvalue weighted by Crippen LogP contribution is -2.35. The summed E-state index contributed by atoms with van der Waals surface area (Å²) in [6.07, 6.45) is 0.0295. The molecule has 4 N–H and O–H groups in total. The van der Waals surface area contributed by atoms with Crippen molar-refractivity contribution in [2.75, 3.05) is 6.61 Å². The topological polar surface area (TPSA) is 137 Å². The van der Waals surface area contributed by atoms with E-state index >= 15 is 0 Å². The summed E-state index contributed by atoms with van der Waals surface area (Å²) in [5.41, 5.74) is 0.675. The third-order valence-corrected chi connectivity index (χ3v) is 4.03. The summed E-state index contributed by atoms with van der Waals surface area (Å²) in [6.45, 7) is 0.799. The summed E-state index contributed by atoms with van der Waals surface area (Å²) in [5, 5.41) is 28.8. The number of ether oxygens (including phenoxy) is 1. The van der Waals surface area contributed by atoms with Crippen LogP contribution in [0.4, 0.5) is 0 Å². The van der Waals surface area contributed by atoms with Crippen LogP contribution in [0.2, 0.25) is 5.02 Å². The minimum Gasteiger partial charge on any atom is -0.505 e. The van der Waals surface area contributed by atoms with Gasteiger partial charge in [0.1, 0.15) is 22.4 Å². The predicted octanol–water partition coefficient (Wildman–Crippen LogP) is 2.66.